The summed E-state index contributed by atoms with van der Waals surface area (Å²) in [6.07, 6.45) is 0. The van der Waals surface area contributed by atoms with Crippen LogP contribution in [0.25, 0.3) is 0 Å². The lowest BCUT2D eigenvalue weighted by Gasteiger charge is -2.12. The van der Waals surface area contributed by atoms with E-state index >= 15 is 0 Å². The number of halogens is 1. The summed E-state index contributed by atoms with van der Waals surface area (Å²) in [7, 11) is 0. The zero-order valence-corrected chi connectivity index (χ0v) is 15.2. The molecule has 0 saturated heterocycles. The predicted molar refractivity (Wildman–Crippen MR) is 104 cm³/mol. The first-order chi connectivity index (χ1) is 13.0. The average Bonchev–Trinajstić information content (AvgIpc) is 2.67. The monoisotopic (exact) mass is 361 g/mol. The van der Waals surface area contributed by atoms with E-state index in [0.717, 1.165) is 11.1 Å². The number of aromatic nitrogens is 1. The van der Waals surface area contributed by atoms with Gasteiger partial charge in [0.25, 0.3) is 5.91 Å². The summed E-state index contributed by atoms with van der Waals surface area (Å²) in [6, 6.07) is 17.8. The molecule has 0 saturated carbocycles. The maximum Gasteiger partial charge on any atom is 0.252 e. The third kappa shape index (κ3) is 4.26. The van der Waals surface area contributed by atoms with E-state index < -0.39 is 5.95 Å². The Labute approximate surface area is 157 Å². The highest BCUT2D eigenvalue weighted by molar-refractivity contribution is 6.16. The molecule has 0 unspecified atom stereocenters. The first-order valence-electron chi connectivity index (χ1n) is 8.61. The first-order valence-corrected chi connectivity index (χ1v) is 8.61. The van der Waals surface area contributed by atoms with Gasteiger partial charge in [0.05, 0.1) is 11.3 Å². The van der Waals surface area contributed by atoms with Gasteiger partial charge in [0.1, 0.15) is 0 Å². The molecule has 1 aromatic heterocycles. The highest BCUT2D eigenvalue weighted by Gasteiger charge is 2.18. The Morgan fingerprint density at radius 2 is 1.63 bits per heavy atom. The van der Waals surface area contributed by atoms with E-state index in [1.165, 1.54) is 6.07 Å². The summed E-state index contributed by atoms with van der Waals surface area (Å²) in [4.78, 5) is 16.4. The quantitative estimate of drug-likeness (QED) is 0.529. The summed E-state index contributed by atoms with van der Waals surface area (Å²) < 4.78 is 14.2. The number of hydrogen-bond donors (Lipinski definition) is 2. The molecule has 2 aromatic carbocycles. The summed E-state index contributed by atoms with van der Waals surface area (Å²) >= 11 is 0. The summed E-state index contributed by atoms with van der Waals surface area (Å²) in [5.41, 5.74) is 3.36. The fourth-order valence-electron chi connectivity index (χ4n) is 2.74. The van der Waals surface area contributed by atoms with Crippen LogP contribution in [-0.2, 0) is 6.54 Å². The molecule has 0 aliphatic heterocycles. The third-order valence-corrected chi connectivity index (χ3v) is 4.27. The lowest BCUT2D eigenvalue weighted by molar-refractivity contribution is 0.0950. The second-order valence-corrected chi connectivity index (χ2v) is 6.38. The van der Waals surface area contributed by atoms with Crippen LogP contribution in [0, 0.1) is 25.2 Å². The Morgan fingerprint density at radius 3 is 2.30 bits per heavy atom. The Hall–Kier alpha value is -3.34. The van der Waals surface area contributed by atoms with Crippen LogP contribution in [0.15, 0.2) is 60.7 Å². The van der Waals surface area contributed by atoms with Gasteiger partial charge in [0.15, 0.2) is 0 Å². The van der Waals surface area contributed by atoms with Crippen molar-refractivity contribution in [1.29, 1.82) is 5.41 Å². The van der Waals surface area contributed by atoms with Crippen LogP contribution >= 0.6 is 0 Å². The highest BCUT2D eigenvalue weighted by atomic mass is 19.1. The number of carbonyl (C=O) groups excluding carboxylic acids is 1. The van der Waals surface area contributed by atoms with Crippen molar-refractivity contribution >= 4 is 11.6 Å². The first kappa shape index (κ1) is 18.5. The predicted octanol–water partition coefficient (Wildman–Crippen LogP) is 4.18. The molecular formula is C22H20FN3O. The Balaban J connectivity index is 1.83. The molecule has 3 rings (SSSR count). The molecule has 0 spiro atoms. The van der Waals surface area contributed by atoms with Crippen LogP contribution in [0.4, 0.5) is 4.39 Å². The number of nitrogens with one attached hydrogen (secondary N) is 2. The van der Waals surface area contributed by atoms with E-state index in [-0.39, 0.29) is 17.2 Å². The highest BCUT2D eigenvalue weighted by Crippen LogP contribution is 2.17. The summed E-state index contributed by atoms with van der Waals surface area (Å²) in [6.45, 7) is 4.06. The van der Waals surface area contributed by atoms with Crippen LogP contribution in [-0.4, -0.2) is 16.6 Å². The number of carbonyl (C=O) groups is 1. The number of nitrogens with zero attached hydrogens (tertiary/aromatic N) is 1. The molecule has 1 heterocycles. The normalized spacial score (nSPS) is 10.5. The molecule has 4 nitrogen and oxygen atoms in total. The van der Waals surface area contributed by atoms with Crippen LogP contribution < -0.4 is 5.32 Å². The molecule has 1 amide bonds. The fraction of sp³-hybridized carbons (Fsp3) is 0.136. The lowest BCUT2D eigenvalue weighted by atomic mass is 9.97. The van der Waals surface area contributed by atoms with Crippen molar-refractivity contribution < 1.29 is 9.18 Å². The molecule has 27 heavy (non-hydrogen) atoms. The smallest absolute Gasteiger partial charge is 0.252 e. The van der Waals surface area contributed by atoms with Crippen molar-refractivity contribution in [3.05, 3.63) is 100 Å². The van der Waals surface area contributed by atoms with Crippen LogP contribution in [0.5, 0.6) is 0 Å². The van der Waals surface area contributed by atoms with E-state index in [0.29, 0.717) is 23.4 Å². The molecule has 0 atom stereocenters. The van der Waals surface area contributed by atoms with Gasteiger partial charge in [-0.2, -0.15) is 4.39 Å². The minimum Gasteiger partial charge on any atom is -0.348 e. The topological polar surface area (TPSA) is 65.8 Å². The summed E-state index contributed by atoms with van der Waals surface area (Å²) in [5.74, 6) is -1.02. The fourth-order valence-corrected chi connectivity index (χ4v) is 2.74. The van der Waals surface area contributed by atoms with Crippen molar-refractivity contribution in [2.75, 3.05) is 0 Å². The molecule has 5 heteroatoms. The van der Waals surface area contributed by atoms with Gasteiger partial charge in [-0.05, 0) is 37.6 Å². The molecule has 0 bridgehead atoms. The van der Waals surface area contributed by atoms with Gasteiger partial charge in [0, 0.05) is 23.4 Å². The molecular weight excluding hydrogens is 341 g/mol. The summed E-state index contributed by atoms with van der Waals surface area (Å²) in [5, 5.41) is 11.2. The molecule has 3 aromatic rings. The zero-order chi connectivity index (χ0) is 19.4. The largest absolute Gasteiger partial charge is 0.348 e. The SMILES string of the molecule is Cc1ccc(CNC(=O)c2ccccc2C(=N)c2ccc(C)nc2F)cc1. The maximum atomic E-state index is 14.2. The second kappa shape index (κ2) is 7.91. The van der Waals surface area contributed by atoms with Crippen molar-refractivity contribution in [2.45, 2.75) is 20.4 Å². The average molecular weight is 361 g/mol. The Kier molecular flexibility index (Phi) is 5.41. The van der Waals surface area contributed by atoms with E-state index in [2.05, 4.69) is 10.3 Å². The zero-order valence-electron chi connectivity index (χ0n) is 15.2. The standard InChI is InChI=1S/C22H20FN3O/c1-14-7-10-16(11-8-14)13-25-22(27)18-6-4-3-5-17(18)20(24)19-12-9-15(2)26-21(19)23/h3-12,24H,13H2,1-2H3,(H,25,27). The Morgan fingerprint density at radius 1 is 0.963 bits per heavy atom. The van der Waals surface area contributed by atoms with Gasteiger partial charge in [-0.1, -0.05) is 48.0 Å². The van der Waals surface area contributed by atoms with E-state index in [9.17, 15) is 9.18 Å². The number of amides is 1. The number of pyridine rings is 1. The van der Waals surface area contributed by atoms with Gasteiger partial charge in [-0.3, -0.25) is 10.2 Å². The van der Waals surface area contributed by atoms with Gasteiger partial charge in [-0.15, -0.1) is 0 Å². The van der Waals surface area contributed by atoms with E-state index in [1.54, 1.807) is 37.3 Å². The van der Waals surface area contributed by atoms with Gasteiger partial charge >= 0.3 is 0 Å². The second-order valence-electron chi connectivity index (χ2n) is 6.38. The van der Waals surface area contributed by atoms with Crippen molar-refractivity contribution in [2.24, 2.45) is 0 Å². The third-order valence-electron chi connectivity index (χ3n) is 4.27. The molecule has 0 radical (unpaired) electrons. The van der Waals surface area contributed by atoms with Crippen LogP contribution in [0.3, 0.4) is 0 Å². The van der Waals surface area contributed by atoms with Gasteiger partial charge in [0.2, 0.25) is 5.95 Å². The molecule has 136 valence electrons. The molecule has 0 fully saturated rings. The number of rotatable bonds is 5. The van der Waals surface area contributed by atoms with Gasteiger partial charge < -0.3 is 5.32 Å². The Bertz CT molecular complexity index is 997. The molecule has 2 N–H and O–H groups in total. The number of benzene rings is 2. The van der Waals surface area contributed by atoms with Crippen LogP contribution in [0.1, 0.15) is 38.3 Å². The van der Waals surface area contributed by atoms with Crippen molar-refractivity contribution in [3.63, 3.8) is 0 Å². The number of aryl methyl sites for hydroxylation is 2. The maximum absolute atomic E-state index is 14.2. The molecule has 0 aliphatic rings. The van der Waals surface area contributed by atoms with Gasteiger partial charge in [-0.25, -0.2) is 4.98 Å². The van der Waals surface area contributed by atoms with Crippen LogP contribution in [0.2, 0.25) is 0 Å². The minimum atomic E-state index is -0.713. The van der Waals surface area contributed by atoms with E-state index in [1.807, 2.05) is 31.2 Å². The number of hydrogen-bond acceptors (Lipinski definition) is 3. The minimum absolute atomic E-state index is 0.0684. The van der Waals surface area contributed by atoms with Crippen molar-refractivity contribution in [1.82, 2.24) is 10.3 Å². The molecule has 0 aliphatic carbocycles. The lowest BCUT2D eigenvalue weighted by Crippen LogP contribution is -2.25. The van der Waals surface area contributed by atoms with E-state index in [4.69, 9.17) is 5.41 Å². The van der Waals surface area contributed by atoms with Crippen molar-refractivity contribution in [3.8, 4) is 0 Å².